The molecule has 3 atom stereocenters. The number of carbonyl (C=O) groups is 1. The topological polar surface area (TPSA) is 78.9 Å². The molecule has 0 aromatic heterocycles. The molecule has 2 aliphatic rings. The SMILES string of the molecule is Cc1ccc(S(=O)(=O)OCC[C@@]2(C)CC(=O)[C@@H]3OC[C@H]2O3)cc1. The number of ketones is 1. The second kappa shape index (κ2) is 5.98. The maximum Gasteiger partial charge on any atom is 0.296 e. The van der Waals surface area contributed by atoms with E-state index in [4.69, 9.17) is 13.7 Å². The number of hydrogen-bond acceptors (Lipinski definition) is 6. The Morgan fingerprint density at radius 1 is 1.30 bits per heavy atom. The van der Waals surface area contributed by atoms with Crippen LogP contribution in [0, 0.1) is 12.3 Å². The molecule has 0 saturated carbocycles. The van der Waals surface area contributed by atoms with Gasteiger partial charge in [0.1, 0.15) is 0 Å². The molecule has 3 rings (SSSR count). The molecule has 6 nitrogen and oxygen atoms in total. The fourth-order valence-corrected chi connectivity index (χ4v) is 3.85. The zero-order chi connectivity index (χ0) is 16.7. The highest BCUT2D eigenvalue weighted by Crippen LogP contribution is 2.41. The number of Topliss-reactive ketones (excluding diaryl/α,β-unsaturated/α-hetero) is 1. The first-order valence-electron chi connectivity index (χ1n) is 7.56. The molecule has 2 fully saturated rings. The van der Waals surface area contributed by atoms with E-state index in [1.165, 1.54) is 12.1 Å². The third kappa shape index (κ3) is 3.33. The van der Waals surface area contributed by atoms with E-state index in [0.29, 0.717) is 19.4 Å². The largest absolute Gasteiger partial charge is 0.343 e. The lowest BCUT2D eigenvalue weighted by atomic mass is 9.76. The first kappa shape index (κ1) is 16.6. The van der Waals surface area contributed by atoms with Gasteiger partial charge in [-0.25, -0.2) is 0 Å². The summed E-state index contributed by atoms with van der Waals surface area (Å²) in [5, 5.41) is 0. The Morgan fingerprint density at radius 3 is 2.70 bits per heavy atom. The molecule has 2 bridgehead atoms. The van der Waals surface area contributed by atoms with Crippen LogP contribution in [-0.4, -0.2) is 39.8 Å². The third-order valence-corrected chi connectivity index (χ3v) is 5.85. The van der Waals surface area contributed by atoms with Gasteiger partial charge in [-0.05, 0) is 25.5 Å². The van der Waals surface area contributed by atoms with E-state index in [1.54, 1.807) is 12.1 Å². The van der Waals surface area contributed by atoms with Crippen LogP contribution in [0.3, 0.4) is 0 Å². The number of ether oxygens (including phenoxy) is 2. The molecule has 0 radical (unpaired) electrons. The van der Waals surface area contributed by atoms with E-state index in [-0.39, 0.29) is 23.4 Å². The third-order valence-electron chi connectivity index (χ3n) is 4.53. The van der Waals surface area contributed by atoms with Crippen molar-refractivity contribution in [2.24, 2.45) is 5.41 Å². The molecule has 0 spiro atoms. The number of fused-ring (bicyclic) bond motifs is 2. The van der Waals surface area contributed by atoms with Crippen LogP contribution < -0.4 is 0 Å². The van der Waals surface area contributed by atoms with Crippen LogP contribution in [0.5, 0.6) is 0 Å². The molecule has 0 N–H and O–H groups in total. The second-order valence-corrected chi connectivity index (χ2v) is 8.04. The highest BCUT2D eigenvalue weighted by atomic mass is 32.2. The van der Waals surface area contributed by atoms with E-state index in [1.807, 2.05) is 13.8 Å². The molecule has 2 saturated heterocycles. The molecule has 0 amide bonds. The van der Waals surface area contributed by atoms with Crippen LogP contribution in [0.2, 0.25) is 0 Å². The standard InChI is InChI=1S/C16H20O6S/c1-11-3-5-12(6-4-11)23(18,19)21-8-7-16(2)9-13(17)15-20-10-14(16)22-15/h3-6,14-15H,7-10H2,1-2H3/t14-,15-,16+/m1/s1. The number of hydrogen-bond donors (Lipinski definition) is 0. The Balaban J connectivity index is 1.62. The van der Waals surface area contributed by atoms with Crippen molar-refractivity contribution in [3.8, 4) is 0 Å². The lowest BCUT2D eigenvalue weighted by Gasteiger charge is -2.36. The van der Waals surface area contributed by atoms with E-state index in [0.717, 1.165) is 5.56 Å². The Morgan fingerprint density at radius 2 is 2.00 bits per heavy atom. The number of carbonyl (C=O) groups excluding carboxylic acids is 1. The van der Waals surface area contributed by atoms with Crippen molar-refractivity contribution in [2.45, 2.75) is 44.0 Å². The summed E-state index contributed by atoms with van der Waals surface area (Å²) in [6.07, 6.45) is -0.220. The molecule has 0 aliphatic carbocycles. The zero-order valence-corrected chi connectivity index (χ0v) is 14.0. The summed E-state index contributed by atoms with van der Waals surface area (Å²) in [6, 6.07) is 6.49. The van der Waals surface area contributed by atoms with Gasteiger partial charge in [-0.3, -0.25) is 8.98 Å². The van der Waals surface area contributed by atoms with Crippen molar-refractivity contribution in [3.63, 3.8) is 0 Å². The van der Waals surface area contributed by atoms with E-state index < -0.39 is 21.8 Å². The lowest BCUT2D eigenvalue weighted by molar-refractivity contribution is -0.165. The fourth-order valence-electron chi connectivity index (χ4n) is 2.94. The average Bonchev–Trinajstić information content (AvgIpc) is 2.93. The first-order chi connectivity index (χ1) is 10.8. The minimum atomic E-state index is -3.79. The second-order valence-electron chi connectivity index (χ2n) is 6.43. The highest BCUT2D eigenvalue weighted by Gasteiger charge is 2.50. The van der Waals surface area contributed by atoms with Gasteiger partial charge < -0.3 is 9.47 Å². The molecule has 1 aromatic rings. The molecular weight excluding hydrogens is 320 g/mol. The molecule has 126 valence electrons. The van der Waals surface area contributed by atoms with Crippen LogP contribution in [0.4, 0.5) is 0 Å². The summed E-state index contributed by atoms with van der Waals surface area (Å²) in [6.45, 7) is 4.15. The predicted molar refractivity (Wildman–Crippen MR) is 81.3 cm³/mol. The minimum Gasteiger partial charge on any atom is -0.343 e. The van der Waals surface area contributed by atoms with Crippen molar-refractivity contribution >= 4 is 15.9 Å². The van der Waals surface area contributed by atoms with Crippen molar-refractivity contribution in [2.75, 3.05) is 13.2 Å². The van der Waals surface area contributed by atoms with Gasteiger partial charge in [0.2, 0.25) is 6.29 Å². The molecular formula is C16H20O6S. The van der Waals surface area contributed by atoms with Crippen LogP contribution in [-0.2, 0) is 28.6 Å². The van der Waals surface area contributed by atoms with Gasteiger partial charge in [0, 0.05) is 11.8 Å². The maximum atomic E-state index is 12.2. The van der Waals surface area contributed by atoms with E-state index in [2.05, 4.69) is 0 Å². The quantitative estimate of drug-likeness (QED) is 0.761. The van der Waals surface area contributed by atoms with Gasteiger partial charge in [-0.2, -0.15) is 8.42 Å². The van der Waals surface area contributed by atoms with Crippen molar-refractivity contribution in [1.82, 2.24) is 0 Å². The fraction of sp³-hybridized carbons (Fsp3) is 0.562. The summed E-state index contributed by atoms with van der Waals surface area (Å²) >= 11 is 0. The summed E-state index contributed by atoms with van der Waals surface area (Å²) in [7, 11) is -3.79. The number of aryl methyl sites for hydroxylation is 1. The predicted octanol–water partition coefficient (Wildman–Crippen LogP) is 1.81. The van der Waals surface area contributed by atoms with Crippen molar-refractivity contribution < 1.29 is 26.9 Å². The molecule has 7 heteroatoms. The Hall–Kier alpha value is -1.28. The molecule has 2 heterocycles. The first-order valence-corrected chi connectivity index (χ1v) is 8.97. The summed E-state index contributed by atoms with van der Waals surface area (Å²) in [5.74, 6) is -0.0948. The van der Waals surface area contributed by atoms with E-state index >= 15 is 0 Å². The highest BCUT2D eigenvalue weighted by molar-refractivity contribution is 7.86. The Kier molecular flexibility index (Phi) is 4.31. The lowest BCUT2D eigenvalue weighted by Crippen LogP contribution is -2.43. The molecule has 1 aromatic carbocycles. The van der Waals surface area contributed by atoms with Crippen LogP contribution >= 0.6 is 0 Å². The normalized spacial score (nSPS) is 30.6. The molecule has 0 unspecified atom stereocenters. The van der Waals surface area contributed by atoms with Gasteiger partial charge in [-0.1, -0.05) is 24.6 Å². The van der Waals surface area contributed by atoms with Crippen molar-refractivity contribution in [1.29, 1.82) is 0 Å². The van der Waals surface area contributed by atoms with Gasteiger partial charge in [-0.15, -0.1) is 0 Å². The summed E-state index contributed by atoms with van der Waals surface area (Å²) in [5.41, 5.74) is 0.512. The molecule has 2 aliphatic heterocycles. The zero-order valence-electron chi connectivity index (χ0n) is 13.2. The Bertz CT molecular complexity index is 696. The van der Waals surface area contributed by atoms with Crippen LogP contribution in [0.25, 0.3) is 0 Å². The van der Waals surface area contributed by atoms with E-state index in [9.17, 15) is 13.2 Å². The minimum absolute atomic E-state index is 0.00448. The van der Waals surface area contributed by atoms with Crippen LogP contribution in [0.1, 0.15) is 25.3 Å². The van der Waals surface area contributed by atoms with Crippen molar-refractivity contribution in [3.05, 3.63) is 29.8 Å². The van der Waals surface area contributed by atoms with Gasteiger partial charge in [0.25, 0.3) is 10.1 Å². The smallest absolute Gasteiger partial charge is 0.296 e. The molecule has 23 heavy (non-hydrogen) atoms. The monoisotopic (exact) mass is 340 g/mol. The summed E-state index contributed by atoms with van der Waals surface area (Å²) in [4.78, 5) is 12.0. The van der Waals surface area contributed by atoms with Gasteiger partial charge >= 0.3 is 0 Å². The van der Waals surface area contributed by atoms with Crippen LogP contribution in [0.15, 0.2) is 29.2 Å². The summed E-state index contributed by atoms with van der Waals surface area (Å²) < 4.78 is 40.3. The maximum absolute atomic E-state index is 12.2. The van der Waals surface area contributed by atoms with Gasteiger partial charge in [0.05, 0.1) is 24.2 Å². The number of rotatable bonds is 5. The Labute approximate surface area is 135 Å². The number of benzene rings is 1. The van der Waals surface area contributed by atoms with Gasteiger partial charge in [0.15, 0.2) is 5.78 Å². The average molecular weight is 340 g/mol.